The number of esters is 1. The Labute approximate surface area is 85.4 Å². The molecule has 0 amide bonds. The zero-order valence-electron chi connectivity index (χ0n) is 9.41. The predicted molar refractivity (Wildman–Crippen MR) is 54.7 cm³/mol. The Hall–Kier alpha value is -0.610. The Balaban J connectivity index is 3.75. The first-order valence-corrected chi connectivity index (χ1v) is 4.88. The average molecular weight is 203 g/mol. The maximum Gasteiger partial charge on any atom is 0.323 e. The molecule has 0 aromatic heterocycles. The van der Waals surface area contributed by atoms with Crippen LogP contribution >= 0.6 is 0 Å². The number of aliphatic hydroxyl groups is 1. The van der Waals surface area contributed by atoms with E-state index >= 15 is 0 Å². The van der Waals surface area contributed by atoms with Crippen LogP contribution in [0.1, 0.15) is 34.1 Å². The maximum atomic E-state index is 11.2. The van der Waals surface area contributed by atoms with Crippen molar-refractivity contribution >= 4 is 5.97 Å². The lowest BCUT2D eigenvalue weighted by Crippen LogP contribution is -2.37. The van der Waals surface area contributed by atoms with Crippen LogP contribution in [0.4, 0.5) is 0 Å². The maximum absolute atomic E-state index is 11.2. The Kier molecular flexibility index (Phi) is 5.08. The van der Waals surface area contributed by atoms with Crippen LogP contribution in [-0.2, 0) is 9.53 Å². The van der Waals surface area contributed by atoms with Crippen molar-refractivity contribution < 1.29 is 14.6 Å². The van der Waals surface area contributed by atoms with Gasteiger partial charge in [-0.25, -0.2) is 0 Å². The quantitative estimate of drug-likeness (QED) is 0.644. The molecule has 0 aliphatic heterocycles. The lowest BCUT2D eigenvalue weighted by atomic mass is 10.1. The molecule has 0 spiro atoms. The second-order valence-electron chi connectivity index (χ2n) is 4.50. The van der Waals surface area contributed by atoms with Gasteiger partial charge in [0.15, 0.2) is 0 Å². The fourth-order valence-corrected chi connectivity index (χ4v) is 0.770. The summed E-state index contributed by atoms with van der Waals surface area (Å²) in [4.78, 5) is 11.2. The zero-order chi connectivity index (χ0) is 11.4. The molecule has 3 N–H and O–H groups in total. The molecule has 0 fully saturated rings. The van der Waals surface area contributed by atoms with Gasteiger partial charge in [-0.3, -0.25) is 4.79 Å². The first kappa shape index (κ1) is 13.4. The van der Waals surface area contributed by atoms with Gasteiger partial charge in [-0.05, 0) is 19.8 Å². The van der Waals surface area contributed by atoms with Crippen LogP contribution in [0.15, 0.2) is 0 Å². The third-order valence-corrected chi connectivity index (χ3v) is 1.95. The third-order valence-electron chi connectivity index (χ3n) is 1.95. The molecule has 0 saturated heterocycles. The minimum Gasteiger partial charge on any atom is -0.464 e. The Bertz CT molecular complexity index is 184. The number of carbonyl (C=O) groups is 1. The molecule has 0 bridgehead atoms. The minimum absolute atomic E-state index is 0.0737. The highest BCUT2D eigenvalue weighted by Gasteiger charge is 2.20. The highest BCUT2D eigenvalue weighted by molar-refractivity contribution is 5.75. The summed E-state index contributed by atoms with van der Waals surface area (Å²) in [7, 11) is 0. The molecule has 0 saturated carbocycles. The van der Waals surface area contributed by atoms with Gasteiger partial charge in [-0.1, -0.05) is 13.8 Å². The molecule has 0 aromatic rings. The Morgan fingerprint density at radius 2 is 2.00 bits per heavy atom. The normalized spacial score (nSPS) is 14.2. The van der Waals surface area contributed by atoms with Crippen LogP contribution in [0.5, 0.6) is 0 Å². The Morgan fingerprint density at radius 3 is 2.36 bits per heavy atom. The number of ether oxygens (including phenoxy) is 1. The molecule has 0 rings (SSSR count). The summed E-state index contributed by atoms with van der Waals surface area (Å²) in [5, 5.41) is 9.36. The summed E-state index contributed by atoms with van der Waals surface area (Å²) >= 11 is 0. The van der Waals surface area contributed by atoms with Gasteiger partial charge >= 0.3 is 5.97 Å². The summed E-state index contributed by atoms with van der Waals surface area (Å²) in [6, 6.07) is -0.572. The van der Waals surface area contributed by atoms with E-state index < -0.39 is 17.6 Å². The van der Waals surface area contributed by atoms with Gasteiger partial charge in [0.25, 0.3) is 0 Å². The summed E-state index contributed by atoms with van der Waals surface area (Å²) in [6.07, 6.45) is 0.420. The lowest BCUT2D eigenvalue weighted by molar-refractivity contribution is -0.147. The molecular formula is C10H21NO3. The van der Waals surface area contributed by atoms with E-state index in [9.17, 15) is 9.90 Å². The van der Waals surface area contributed by atoms with Crippen molar-refractivity contribution in [3.63, 3.8) is 0 Å². The molecular weight excluding hydrogens is 182 g/mol. The van der Waals surface area contributed by atoms with Gasteiger partial charge in [0.05, 0.1) is 12.2 Å². The fourth-order valence-electron chi connectivity index (χ4n) is 0.770. The SMILES string of the molecule is CC(C)C(N)C(=O)OCCC(C)(C)O. The summed E-state index contributed by atoms with van der Waals surface area (Å²) in [6.45, 7) is 7.28. The standard InChI is InChI=1S/C10H21NO3/c1-7(2)8(11)9(12)14-6-5-10(3,4)13/h7-8,13H,5-6,11H2,1-4H3. The fraction of sp³-hybridized carbons (Fsp3) is 0.900. The van der Waals surface area contributed by atoms with Gasteiger partial charge < -0.3 is 15.6 Å². The molecule has 1 unspecified atom stereocenters. The smallest absolute Gasteiger partial charge is 0.323 e. The van der Waals surface area contributed by atoms with E-state index in [-0.39, 0.29) is 12.5 Å². The van der Waals surface area contributed by atoms with E-state index in [2.05, 4.69) is 0 Å². The van der Waals surface area contributed by atoms with Gasteiger partial charge in [-0.15, -0.1) is 0 Å². The van der Waals surface area contributed by atoms with Crippen molar-refractivity contribution in [1.82, 2.24) is 0 Å². The lowest BCUT2D eigenvalue weighted by Gasteiger charge is -2.18. The molecule has 4 heteroatoms. The summed E-state index contributed by atoms with van der Waals surface area (Å²) < 4.78 is 4.92. The van der Waals surface area contributed by atoms with Crippen molar-refractivity contribution in [3.05, 3.63) is 0 Å². The molecule has 4 nitrogen and oxygen atoms in total. The van der Waals surface area contributed by atoms with Crippen LogP contribution in [0, 0.1) is 5.92 Å². The predicted octanol–water partition coefficient (Wildman–Crippen LogP) is 0.674. The van der Waals surface area contributed by atoms with Crippen LogP contribution in [0.2, 0.25) is 0 Å². The molecule has 0 aliphatic rings. The van der Waals surface area contributed by atoms with Crippen LogP contribution < -0.4 is 5.73 Å². The van der Waals surface area contributed by atoms with Gasteiger partial charge in [-0.2, -0.15) is 0 Å². The van der Waals surface area contributed by atoms with Crippen LogP contribution in [-0.4, -0.2) is 29.3 Å². The highest BCUT2D eigenvalue weighted by Crippen LogP contribution is 2.08. The number of carbonyl (C=O) groups excluding carboxylic acids is 1. The van der Waals surface area contributed by atoms with Crippen molar-refractivity contribution in [2.24, 2.45) is 11.7 Å². The average Bonchev–Trinajstić information content (AvgIpc) is 2.00. The largest absolute Gasteiger partial charge is 0.464 e. The minimum atomic E-state index is -0.803. The van der Waals surface area contributed by atoms with E-state index in [0.717, 1.165) is 0 Å². The monoisotopic (exact) mass is 203 g/mol. The van der Waals surface area contributed by atoms with Crippen molar-refractivity contribution in [2.45, 2.75) is 45.8 Å². The third kappa shape index (κ3) is 5.94. The van der Waals surface area contributed by atoms with Gasteiger partial charge in [0.1, 0.15) is 6.04 Å². The molecule has 84 valence electrons. The molecule has 0 aliphatic carbocycles. The van der Waals surface area contributed by atoms with E-state index in [1.165, 1.54) is 0 Å². The van der Waals surface area contributed by atoms with Crippen molar-refractivity contribution in [2.75, 3.05) is 6.61 Å². The molecule has 0 radical (unpaired) electrons. The number of rotatable bonds is 5. The first-order valence-electron chi connectivity index (χ1n) is 4.88. The van der Waals surface area contributed by atoms with Crippen LogP contribution in [0.25, 0.3) is 0 Å². The Morgan fingerprint density at radius 1 is 1.50 bits per heavy atom. The second kappa shape index (κ2) is 5.32. The first-order chi connectivity index (χ1) is 6.24. The number of hydrogen-bond acceptors (Lipinski definition) is 4. The molecule has 1 atom stereocenters. The summed E-state index contributed by atoms with van der Waals surface area (Å²) in [5.41, 5.74) is 4.77. The van der Waals surface area contributed by atoms with E-state index in [1.54, 1.807) is 13.8 Å². The molecule has 0 aromatic carbocycles. The van der Waals surface area contributed by atoms with Crippen LogP contribution in [0.3, 0.4) is 0 Å². The van der Waals surface area contributed by atoms with Crippen molar-refractivity contribution in [3.8, 4) is 0 Å². The number of nitrogens with two attached hydrogens (primary N) is 1. The highest BCUT2D eigenvalue weighted by atomic mass is 16.5. The van der Waals surface area contributed by atoms with E-state index in [4.69, 9.17) is 10.5 Å². The topological polar surface area (TPSA) is 72.6 Å². The second-order valence-corrected chi connectivity index (χ2v) is 4.50. The zero-order valence-corrected chi connectivity index (χ0v) is 9.41. The molecule has 0 heterocycles. The number of hydrogen-bond donors (Lipinski definition) is 2. The van der Waals surface area contributed by atoms with Crippen molar-refractivity contribution in [1.29, 1.82) is 0 Å². The van der Waals surface area contributed by atoms with E-state index in [0.29, 0.717) is 6.42 Å². The van der Waals surface area contributed by atoms with E-state index in [1.807, 2.05) is 13.8 Å². The van der Waals surface area contributed by atoms with Gasteiger partial charge in [0.2, 0.25) is 0 Å². The molecule has 14 heavy (non-hydrogen) atoms. The van der Waals surface area contributed by atoms with Gasteiger partial charge in [0, 0.05) is 6.42 Å². The summed E-state index contributed by atoms with van der Waals surface area (Å²) in [5.74, 6) is -0.325.